The molecule has 1 heterocycles. The molecule has 7 nitrogen and oxygen atoms in total. The van der Waals surface area contributed by atoms with Crippen LogP contribution in [0.25, 0.3) is 11.1 Å². The first-order chi connectivity index (χ1) is 14.1. The SMILES string of the molecule is NCCC[C@@H](N)C(=O)N[C@H](CCc1ccccc1)C(O)c1nc2ccccc2o1. The van der Waals surface area contributed by atoms with E-state index in [9.17, 15) is 9.90 Å². The molecule has 2 aromatic carbocycles. The first-order valence-corrected chi connectivity index (χ1v) is 9.92. The number of nitrogens with zero attached hydrogens (tertiary/aromatic N) is 1. The van der Waals surface area contributed by atoms with Crippen LogP contribution < -0.4 is 16.8 Å². The van der Waals surface area contributed by atoms with E-state index in [1.807, 2.05) is 48.5 Å². The topological polar surface area (TPSA) is 127 Å². The number of carbonyl (C=O) groups is 1. The largest absolute Gasteiger partial charge is 0.438 e. The molecule has 29 heavy (non-hydrogen) atoms. The second kappa shape index (κ2) is 10.2. The minimum Gasteiger partial charge on any atom is -0.438 e. The van der Waals surface area contributed by atoms with E-state index in [-0.39, 0.29) is 11.8 Å². The van der Waals surface area contributed by atoms with Gasteiger partial charge >= 0.3 is 0 Å². The Morgan fingerprint density at radius 3 is 2.55 bits per heavy atom. The molecule has 0 spiro atoms. The third-order valence-corrected chi connectivity index (χ3v) is 4.92. The lowest BCUT2D eigenvalue weighted by molar-refractivity contribution is -0.124. The molecule has 0 saturated carbocycles. The van der Waals surface area contributed by atoms with Crippen molar-refractivity contribution in [1.29, 1.82) is 0 Å². The lowest BCUT2D eigenvalue weighted by atomic mass is 10.00. The van der Waals surface area contributed by atoms with Crippen LogP contribution in [0.2, 0.25) is 0 Å². The molecule has 0 saturated heterocycles. The molecule has 0 fully saturated rings. The summed E-state index contributed by atoms with van der Waals surface area (Å²) in [6.45, 7) is 0.476. The van der Waals surface area contributed by atoms with E-state index < -0.39 is 18.2 Å². The van der Waals surface area contributed by atoms with E-state index in [1.165, 1.54) is 0 Å². The molecule has 0 aliphatic carbocycles. The van der Waals surface area contributed by atoms with Crippen molar-refractivity contribution >= 4 is 17.0 Å². The van der Waals surface area contributed by atoms with Gasteiger partial charge in [0.1, 0.15) is 5.52 Å². The smallest absolute Gasteiger partial charge is 0.237 e. The van der Waals surface area contributed by atoms with Crippen LogP contribution in [0.5, 0.6) is 0 Å². The minimum atomic E-state index is -1.09. The average molecular weight is 396 g/mol. The number of aryl methyl sites for hydroxylation is 1. The monoisotopic (exact) mass is 396 g/mol. The Hall–Kier alpha value is -2.74. The van der Waals surface area contributed by atoms with Crippen LogP contribution in [0.15, 0.2) is 59.0 Å². The van der Waals surface area contributed by atoms with Crippen LogP contribution in [0.1, 0.15) is 36.8 Å². The Balaban J connectivity index is 1.75. The van der Waals surface area contributed by atoms with Gasteiger partial charge in [-0.3, -0.25) is 4.79 Å². The van der Waals surface area contributed by atoms with E-state index in [4.69, 9.17) is 15.9 Å². The van der Waals surface area contributed by atoms with Gasteiger partial charge in [-0.2, -0.15) is 0 Å². The normalized spacial score (nSPS) is 14.4. The summed E-state index contributed by atoms with van der Waals surface area (Å²) in [5.41, 5.74) is 13.8. The quantitative estimate of drug-likeness (QED) is 0.415. The highest BCUT2D eigenvalue weighted by Crippen LogP contribution is 2.24. The fraction of sp³-hybridized carbons (Fsp3) is 0.364. The van der Waals surface area contributed by atoms with Gasteiger partial charge in [-0.25, -0.2) is 4.98 Å². The van der Waals surface area contributed by atoms with Crippen molar-refractivity contribution in [2.24, 2.45) is 11.5 Å². The Morgan fingerprint density at radius 1 is 1.10 bits per heavy atom. The number of aliphatic hydroxyl groups excluding tert-OH is 1. The van der Waals surface area contributed by atoms with Gasteiger partial charge in [0.2, 0.25) is 11.8 Å². The van der Waals surface area contributed by atoms with Crippen molar-refractivity contribution in [3.63, 3.8) is 0 Å². The maximum absolute atomic E-state index is 12.5. The number of hydrogen-bond acceptors (Lipinski definition) is 6. The number of nitrogens with two attached hydrogens (primary N) is 2. The number of rotatable bonds is 10. The van der Waals surface area contributed by atoms with Gasteiger partial charge in [-0.15, -0.1) is 0 Å². The first kappa shape index (κ1) is 21.0. The summed E-state index contributed by atoms with van der Waals surface area (Å²) >= 11 is 0. The van der Waals surface area contributed by atoms with Gasteiger partial charge in [0.25, 0.3) is 0 Å². The van der Waals surface area contributed by atoms with Crippen molar-refractivity contribution in [3.05, 3.63) is 66.1 Å². The molecule has 6 N–H and O–H groups in total. The predicted octanol–water partition coefficient (Wildman–Crippen LogP) is 2.05. The zero-order chi connectivity index (χ0) is 20.6. The average Bonchev–Trinajstić information content (AvgIpc) is 3.19. The predicted molar refractivity (Wildman–Crippen MR) is 112 cm³/mol. The van der Waals surface area contributed by atoms with Gasteiger partial charge in [-0.1, -0.05) is 42.5 Å². The standard InChI is InChI=1S/C22H28N4O3/c23-14-6-9-16(24)21(28)25-18(13-12-15-7-2-1-3-8-15)20(27)22-26-17-10-4-5-11-19(17)29-22/h1-5,7-8,10-11,16,18,20,27H,6,9,12-14,23-24H2,(H,25,28)/t16-,18-,20?/m1/s1. The van der Waals surface area contributed by atoms with Crippen LogP contribution in [0.3, 0.4) is 0 Å². The van der Waals surface area contributed by atoms with Crippen molar-refractivity contribution in [3.8, 4) is 0 Å². The summed E-state index contributed by atoms with van der Waals surface area (Å²) in [7, 11) is 0. The van der Waals surface area contributed by atoms with Gasteiger partial charge in [0.05, 0.1) is 12.1 Å². The number of fused-ring (bicyclic) bond motifs is 1. The second-order valence-corrected chi connectivity index (χ2v) is 7.14. The van der Waals surface area contributed by atoms with Crippen molar-refractivity contribution in [1.82, 2.24) is 10.3 Å². The van der Waals surface area contributed by atoms with Crippen LogP contribution in [0.4, 0.5) is 0 Å². The van der Waals surface area contributed by atoms with E-state index >= 15 is 0 Å². The van der Waals surface area contributed by atoms with Crippen LogP contribution in [-0.4, -0.2) is 34.6 Å². The van der Waals surface area contributed by atoms with Gasteiger partial charge in [0, 0.05) is 0 Å². The van der Waals surface area contributed by atoms with Gasteiger partial charge in [-0.05, 0) is 49.9 Å². The summed E-state index contributed by atoms with van der Waals surface area (Å²) in [5.74, 6) is -0.133. The Labute approximate surface area is 170 Å². The summed E-state index contributed by atoms with van der Waals surface area (Å²) in [5, 5.41) is 13.8. The second-order valence-electron chi connectivity index (χ2n) is 7.14. The van der Waals surface area contributed by atoms with Gasteiger partial charge < -0.3 is 26.3 Å². The van der Waals surface area contributed by atoms with Crippen molar-refractivity contribution in [2.75, 3.05) is 6.54 Å². The summed E-state index contributed by atoms with van der Waals surface area (Å²) in [6, 6.07) is 15.9. The Kier molecular flexibility index (Phi) is 7.35. The highest BCUT2D eigenvalue weighted by molar-refractivity contribution is 5.81. The summed E-state index contributed by atoms with van der Waals surface area (Å²) in [6.07, 6.45) is 1.26. The molecule has 154 valence electrons. The molecule has 1 amide bonds. The fourth-order valence-corrected chi connectivity index (χ4v) is 3.22. The van der Waals surface area contributed by atoms with E-state index in [0.717, 1.165) is 5.56 Å². The molecule has 3 rings (SSSR count). The van der Waals surface area contributed by atoms with Gasteiger partial charge in [0.15, 0.2) is 11.7 Å². The Bertz CT molecular complexity index is 880. The third kappa shape index (κ3) is 5.63. The minimum absolute atomic E-state index is 0.181. The highest BCUT2D eigenvalue weighted by Gasteiger charge is 2.28. The fourth-order valence-electron chi connectivity index (χ4n) is 3.22. The number of amides is 1. The zero-order valence-electron chi connectivity index (χ0n) is 16.3. The third-order valence-electron chi connectivity index (χ3n) is 4.92. The summed E-state index contributed by atoms with van der Waals surface area (Å²) in [4.78, 5) is 16.9. The van der Waals surface area contributed by atoms with E-state index in [0.29, 0.717) is 43.3 Å². The maximum atomic E-state index is 12.5. The molecule has 0 radical (unpaired) electrons. The molecule has 0 aliphatic heterocycles. The lowest BCUT2D eigenvalue weighted by Gasteiger charge is -2.24. The maximum Gasteiger partial charge on any atom is 0.237 e. The number of aromatic nitrogens is 1. The number of para-hydroxylation sites is 2. The molecule has 0 aliphatic rings. The number of hydrogen-bond donors (Lipinski definition) is 4. The molecule has 1 aromatic heterocycles. The Morgan fingerprint density at radius 2 is 1.83 bits per heavy atom. The lowest BCUT2D eigenvalue weighted by Crippen LogP contribution is -2.48. The van der Waals surface area contributed by atoms with Crippen molar-refractivity contribution in [2.45, 2.75) is 43.9 Å². The van der Waals surface area contributed by atoms with Crippen LogP contribution in [0, 0.1) is 0 Å². The first-order valence-electron chi connectivity index (χ1n) is 9.92. The molecule has 0 bridgehead atoms. The van der Waals surface area contributed by atoms with Crippen LogP contribution in [-0.2, 0) is 11.2 Å². The molecular formula is C22H28N4O3. The zero-order valence-corrected chi connectivity index (χ0v) is 16.3. The molecular weight excluding hydrogens is 368 g/mol. The highest BCUT2D eigenvalue weighted by atomic mass is 16.4. The molecule has 3 atom stereocenters. The van der Waals surface area contributed by atoms with E-state index in [2.05, 4.69) is 10.3 Å². The molecule has 7 heteroatoms. The molecule has 1 unspecified atom stereocenters. The number of benzene rings is 2. The van der Waals surface area contributed by atoms with Crippen LogP contribution >= 0.6 is 0 Å². The molecule has 3 aromatic rings. The number of carbonyl (C=O) groups excluding carboxylic acids is 1. The number of nitrogens with one attached hydrogen (secondary N) is 1. The van der Waals surface area contributed by atoms with E-state index in [1.54, 1.807) is 6.07 Å². The number of aliphatic hydroxyl groups is 1. The van der Waals surface area contributed by atoms with Crippen molar-refractivity contribution < 1.29 is 14.3 Å². The summed E-state index contributed by atoms with van der Waals surface area (Å²) < 4.78 is 5.71. The number of oxazole rings is 1.